The van der Waals surface area contributed by atoms with E-state index in [1.165, 1.54) is 0 Å². The molecule has 5 aliphatic rings. The molecule has 0 N–H and O–H groups in total. The minimum absolute atomic E-state index is 0.154. The maximum atomic E-state index is 13.8. The van der Waals surface area contributed by atoms with Gasteiger partial charge in [-0.1, -0.05) is 0 Å². The summed E-state index contributed by atoms with van der Waals surface area (Å²) in [5.74, 6) is -9.07. The third-order valence-corrected chi connectivity index (χ3v) is 6.65. The quantitative estimate of drug-likeness (QED) is 0.535. The number of rotatable bonds is 4. The van der Waals surface area contributed by atoms with Crippen LogP contribution in [0.1, 0.15) is 39.0 Å². The lowest BCUT2D eigenvalue weighted by molar-refractivity contribution is -0.422. The number of alkyl halides is 5. The SMILES string of the molecule is CC(F)(F)COC(=O)C12CC3CC(C1)C1(OCC(F)(F)C(CF)O1)C(C3)C2. The molecule has 4 nitrogen and oxygen atoms in total. The highest BCUT2D eigenvalue weighted by Crippen LogP contribution is 2.66. The van der Waals surface area contributed by atoms with Gasteiger partial charge in [-0.25, -0.2) is 22.0 Å². The standard InChI is InChI=1S/C18H23F5O4/c1-15(20,21)8-25-14(24)16-4-10-2-11(5-16)18(12(3-10)6-16)26-9-17(22,23)13(7-19)27-18/h10-13H,2-9H2,1H3. The molecule has 0 aromatic rings. The molecule has 3 atom stereocenters. The first-order valence-corrected chi connectivity index (χ1v) is 9.30. The average molecular weight is 398 g/mol. The third-order valence-electron chi connectivity index (χ3n) is 6.65. The van der Waals surface area contributed by atoms with Crippen molar-refractivity contribution in [2.45, 2.75) is 62.8 Å². The first-order valence-electron chi connectivity index (χ1n) is 9.30. The topological polar surface area (TPSA) is 44.8 Å². The van der Waals surface area contributed by atoms with Crippen LogP contribution in [0.2, 0.25) is 0 Å². The minimum Gasteiger partial charge on any atom is -0.459 e. The van der Waals surface area contributed by atoms with Crippen molar-refractivity contribution in [2.75, 3.05) is 19.9 Å². The molecule has 3 unspecified atom stereocenters. The van der Waals surface area contributed by atoms with Gasteiger partial charge in [0.05, 0.1) is 5.41 Å². The van der Waals surface area contributed by atoms with Gasteiger partial charge in [-0.05, 0) is 38.0 Å². The van der Waals surface area contributed by atoms with E-state index >= 15 is 0 Å². The van der Waals surface area contributed by atoms with Crippen LogP contribution in [0.5, 0.6) is 0 Å². The van der Waals surface area contributed by atoms with Gasteiger partial charge in [0, 0.05) is 18.8 Å². The molecule has 5 rings (SSSR count). The van der Waals surface area contributed by atoms with E-state index in [4.69, 9.17) is 14.2 Å². The Balaban J connectivity index is 1.55. The van der Waals surface area contributed by atoms with Gasteiger partial charge in [-0.15, -0.1) is 0 Å². The van der Waals surface area contributed by atoms with Gasteiger partial charge >= 0.3 is 5.97 Å². The third kappa shape index (κ3) is 3.05. The summed E-state index contributed by atoms with van der Waals surface area (Å²) in [5.41, 5.74) is -0.912. The molecular weight excluding hydrogens is 375 g/mol. The molecule has 1 spiro atoms. The number of ether oxygens (including phenoxy) is 3. The molecule has 4 aliphatic carbocycles. The first-order chi connectivity index (χ1) is 12.5. The largest absolute Gasteiger partial charge is 0.459 e. The van der Waals surface area contributed by atoms with Crippen LogP contribution in [0, 0.1) is 23.2 Å². The van der Waals surface area contributed by atoms with E-state index in [9.17, 15) is 26.7 Å². The zero-order valence-electron chi connectivity index (χ0n) is 15.0. The molecule has 1 heterocycles. The van der Waals surface area contributed by atoms with Gasteiger partial charge in [0.2, 0.25) is 0 Å². The van der Waals surface area contributed by atoms with Crippen molar-refractivity contribution in [3.05, 3.63) is 0 Å². The molecule has 0 aromatic carbocycles. The molecule has 5 fully saturated rings. The van der Waals surface area contributed by atoms with Crippen LogP contribution in [0.15, 0.2) is 0 Å². The smallest absolute Gasteiger partial charge is 0.312 e. The predicted octanol–water partition coefficient (Wildman–Crippen LogP) is 3.73. The van der Waals surface area contributed by atoms with E-state index in [2.05, 4.69) is 0 Å². The average Bonchev–Trinajstić information content (AvgIpc) is 2.57. The van der Waals surface area contributed by atoms with Crippen LogP contribution in [-0.4, -0.2) is 49.6 Å². The van der Waals surface area contributed by atoms with Crippen LogP contribution >= 0.6 is 0 Å². The first kappa shape index (κ1) is 19.4. The Morgan fingerprint density at radius 1 is 1.19 bits per heavy atom. The predicted molar refractivity (Wildman–Crippen MR) is 82.0 cm³/mol. The van der Waals surface area contributed by atoms with E-state index in [1.807, 2.05) is 0 Å². The Morgan fingerprint density at radius 2 is 1.81 bits per heavy atom. The maximum absolute atomic E-state index is 13.8. The van der Waals surface area contributed by atoms with Gasteiger partial charge < -0.3 is 14.2 Å². The fourth-order valence-electron chi connectivity index (χ4n) is 5.74. The molecule has 0 aromatic heterocycles. The Labute approximate surface area is 153 Å². The van der Waals surface area contributed by atoms with Crippen LogP contribution in [-0.2, 0) is 19.0 Å². The van der Waals surface area contributed by atoms with Gasteiger partial charge in [-0.3, -0.25) is 4.79 Å². The van der Waals surface area contributed by atoms with E-state index in [1.54, 1.807) is 0 Å². The monoisotopic (exact) mass is 398 g/mol. The fourth-order valence-corrected chi connectivity index (χ4v) is 5.74. The molecular formula is C18H23F5O4. The lowest BCUT2D eigenvalue weighted by Gasteiger charge is -2.64. The second-order valence-corrected chi connectivity index (χ2v) is 8.80. The Bertz CT molecular complexity index is 603. The molecule has 4 saturated carbocycles. The summed E-state index contributed by atoms with van der Waals surface area (Å²) >= 11 is 0. The van der Waals surface area contributed by atoms with Gasteiger partial charge in [0.1, 0.15) is 13.3 Å². The molecule has 0 amide bonds. The number of hydrogen-bond donors (Lipinski definition) is 0. The number of halogens is 5. The summed E-state index contributed by atoms with van der Waals surface area (Å²) in [6.45, 7) is -2.55. The maximum Gasteiger partial charge on any atom is 0.312 e. The summed E-state index contributed by atoms with van der Waals surface area (Å²) in [4.78, 5) is 12.6. The Morgan fingerprint density at radius 3 is 2.37 bits per heavy atom. The summed E-state index contributed by atoms with van der Waals surface area (Å²) < 4.78 is 83.0. The van der Waals surface area contributed by atoms with Crippen molar-refractivity contribution < 1.29 is 41.0 Å². The van der Waals surface area contributed by atoms with E-state index in [0.717, 1.165) is 0 Å². The lowest BCUT2D eigenvalue weighted by Crippen LogP contribution is -2.70. The van der Waals surface area contributed by atoms with Crippen LogP contribution < -0.4 is 0 Å². The second kappa shape index (κ2) is 6.02. The van der Waals surface area contributed by atoms with Crippen molar-refractivity contribution in [2.24, 2.45) is 23.2 Å². The van der Waals surface area contributed by atoms with Crippen LogP contribution in [0.25, 0.3) is 0 Å². The highest BCUT2D eigenvalue weighted by molar-refractivity contribution is 5.77. The van der Waals surface area contributed by atoms with Crippen molar-refractivity contribution in [1.82, 2.24) is 0 Å². The Kier molecular flexibility index (Phi) is 4.31. The van der Waals surface area contributed by atoms with E-state index in [0.29, 0.717) is 26.2 Å². The van der Waals surface area contributed by atoms with Gasteiger partial charge in [0.25, 0.3) is 11.8 Å². The minimum atomic E-state index is -3.40. The summed E-state index contributed by atoms with van der Waals surface area (Å²) in [6, 6.07) is 0. The highest BCUT2D eigenvalue weighted by atomic mass is 19.3. The Hall–Kier alpha value is -0.960. The number of carbonyl (C=O) groups excluding carboxylic acids is 1. The second-order valence-electron chi connectivity index (χ2n) is 8.80. The van der Waals surface area contributed by atoms with E-state index in [-0.39, 0.29) is 30.6 Å². The summed E-state index contributed by atoms with van der Waals surface area (Å²) in [6.07, 6.45) is 0.440. The number of hydrogen-bond acceptors (Lipinski definition) is 4. The molecule has 154 valence electrons. The van der Waals surface area contributed by atoms with Crippen LogP contribution in [0.4, 0.5) is 22.0 Å². The molecule has 1 saturated heterocycles. The molecule has 1 aliphatic heterocycles. The fraction of sp³-hybridized carbons (Fsp3) is 0.944. The summed E-state index contributed by atoms with van der Waals surface area (Å²) in [5, 5.41) is 0. The number of carbonyl (C=O) groups is 1. The van der Waals surface area contributed by atoms with Gasteiger partial charge in [0.15, 0.2) is 18.5 Å². The zero-order valence-corrected chi connectivity index (χ0v) is 15.0. The zero-order chi connectivity index (χ0) is 19.7. The molecule has 27 heavy (non-hydrogen) atoms. The van der Waals surface area contributed by atoms with Crippen LogP contribution in [0.3, 0.4) is 0 Å². The number of esters is 1. The van der Waals surface area contributed by atoms with Crippen molar-refractivity contribution in [3.8, 4) is 0 Å². The van der Waals surface area contributed by atoms with E-state index < -0.39 is 55.0 Å². The highest BCUT2D eigenvalue weighted by Gasteiger charge is 2.69. The van der Waals surface area contributed by atoms with Crippen molar-refractivity contribution in [3.63, 3.8) is 0 Å². The molecule has 4 bridgehead atoms. The molecule has 0 radical (unpaired) electrons. The van der Waals surface area contributed by atoms with Crippen molar-refractivity contribution in [1.29, 1.82) is 0 Å². The lowest BCUT2D eigenvalue weighted by atomic mass is 9.47. The normalized spacial score (nSPS) is 45.3. The van der Waals surface area contributed by atoms with Crippen molar-refractivity contribution >= 4 is 5.97 Å². The molecule has 9 heteroatoms. The summed E-state index contributed by atoms with van der Waals surface area (Å²) in [7, 11) is 0. The van der Waals surface area contributed by atoms with Gasteiger partial charge in [-0.2, -0.15) is 0 Å².